The quantitative estimate of drug-likeness (QED) is 0.0263. The van der Waals surface area contributed by atoms with E-state index in [0.717, 1.165) is 83.5 Å². The Hall–Kier alpha value is -4.19. The summed E-state index contributed by atoms with van der Waals surface area (Å²) in [5.74, 6) is -1.00. The lowest BCUT2D eigenvalue weighted by Crippen LogP contribution is -2.30. The molecule has 0 aromatic rings. The van der Waals surface area contributed by atoms with Crippen LogP contribution in [0.5, 0.6) is 0 Å². The van der Waals surface area contributed by atoms with E-state index in [4.69, 9.17) is 14.2 Å². The summed E-state index contributed by atoms with van der Waals surface area (Å²) < 4.78 is 16.7. The highest BCUT2D eigenvalue weighted by Crippen LogP contribution is 2.15. The van der Waals surface area contributed by atoms with Crippen molar-refractivity contribution in [1.82, 2.24) is 0 Å². The van der Waals surface area contributed by atoms with E-state index in [2.05, 4.69) is 45.1 Å². The van der Waals surface area contributed by atoms with E-state index in [-0.39, 0.29) is 31.1 Å². The Morgan fingerprint density at radius 3 is 0.968 bits per heavy atom. The molecule has 0 saturated carbocycles. The van der Waals surface area contributed by atoms with Gasteiger partial charge >= 0.3 is 17.9 Å². The second-order valence-electron chi connectivity index (χ2n) is 16.2. The molecular formula is C57H90O6. The summed E-state index contributed by atoms with van der Waals surface area (Å²) in [6, 6.07) is 0. The second kappa shape index (κ2) is 50.5. The number of rotatable bonds is 43. The predicted octanol–water partition coefficient (Wildman–Crippen LogP) is 16.5. The van der Waals surface area contributed by atoms with Crippen LogP contribution in [0, 0.1) is 0 Å². The van der Waals surface area contributed by atoms with Gasteiger partial charge in [0.25, 0.3) is 0 Å². The Labute approximate surface area is 386 Å². The van der Waals surface area contributed by atoms with Crippen molar-refractivity contribution in [2.45, 2.75) is 207 Å². The predicted molar refractivity (Wildman–Crippen MR) is 269 cm³/mol. The molecule has 0 radical (unpaired) electrons. The van der Waals surface area contributed by atoms with E-state index in [1.54, 1.807) is 0 Å². The molecule has 0 bridgehead atoms. The number of esters is 3. The van der Waals surface area contributed by atoms with Crippen LogP contribution in [0.1, 0.15) is 201 Å². The van der Waals surface area contributed by atoms with Gasteiger partial charge in [-0.1, -0.05) is 245 Å². The Balaban J connectivity index is 4.55. The van der Waals surface area contributed by atoms with Gasteiger partial charge in [-0.05, 0) is 57.8 Å². The van der Waals surface area contributed by atoms with Gasteiger partial charge in [0, 0.05) is 19.3 Å². The molecule has 6 heteroatoms. The third-order valence-electron chi connectivity index (χ3n) is 10.2. The summed E-state index contributed by atoms with van der Waals surface area (Å²) in [6.07, 6.45) is 68.9. The van der Waals surface area contributed by atoms with Crippen LogP contribution in [0.4, 0.5) is 0 Å². The molecule has 1 atom stereocenters. The van der Waals surface area contributed by atoms with Gasteiger partial charge in [-0.25, -0.2) is 0 Å². The van der Waals surface area contributed by atoms with E-state index in [1.165, 1.54) is 77.0 Å². The van der Waals surface area contributed by atoms with Gasteiger partial charge in [-0.2, -0.15) is 0 Å². The molecule has 1 unspecified atom stereocenters. The molecule has 0 spiro atoms. The second-order valence-corrected chi connectivity index (χ2v) is 16.2. The van der Waals surface area contributed by atoms with E-state index < -0.39 is 6.10 Å². The first kappa shape index (κ1) is 58.8. The summed E-state index contributed by atoms with van der Waals surface area (Å²) in [6.45, 7) is 6.26. The van der Waals surface area contributed by atoms with Gasteiger partial charge in [0.2, 0.25) is 0 Å². The van der Waals surface area contributed by atoms with E-state index in [0.29, 0.717) is 19.3 Å². The van der Waals surface area contributed by atoms with Gasteiger partial charge in [-0.15, -0.1) is 0 Å². The molecule has 63 heavy (non-hydrogen) atoms. The van der Waals surface area contributed by atoms with Crippen LogP contribution >= 0.6 is 0 Å². The minimum atomic E-state index is -0.814. The average molecular weight is 871 g/mol. The van der Waals surface area contributed by atoms with Crippen molar-refractivity contribution in [1.29, 1.82) is 0 Å². The number of allylic oxidation sites excluding steroid dienone is 20. The molecule has 0 fully saturated rings. The summed E-state index contributed by atoms with van der Waals surface area (Å²) in [4.78, 5) is 37.9. The summed E-state index contributed by atoms with van der Waals surface area (Å²) in [7, 11) is 0. The molecule has 0 heterocycles. The zero-order chi connectivity index (χ0) is 45.8. The maximum Gasteiger partial charge on any atom is 0.306 e. The monoisotopic (exact) mass is 871 g/mol. The Morgan fingerprint density at radius 1 is 0.333 bits per heavy atom. The first-order valence-corrected chi connectivity index (χ1v) is 25.2. The normalized spacial score (nSPS) is 13.1. The molecule has 0 aromatic carbocycles. The third-order valence-corrected chi connectivity index (χ3v) is 10.2. The third kappa shape index (κ3) is 48.7. The molecule has 0 aliphatic rings. The maximum atomic E-state index is 12.8. The molecule has 354 valence electrons. The van der Waals surface area contributed by atoms with Crippen LogP contribution in [0.2, 0.25) is 0 Å². The molecule has 0 amide bonds. The van der Waals surface area contributed by atoms with E-state index in [9.17, 15) is 14.4 Å². The highest BCUT2D eigenvalue weighted by Gasteiger charge is 2.19. The SMILES string of the molecule is CC/C=C/C=C/C=C/C=C/C=C/C=C/CCCCCC(=O)OCC(COC(=O)CCCCC/C=C/C=C/C=C/C=C/CC)OC(=O)CCCCCCCCCCCCCCCCC. The van der Waals surface area contributed by atoms with Gasteiger partial charge < -0.3 is 14.2 Å². The molecule has 0 N–H and O–H groups in total. The zero-order valence-corrected chi connectivity index (χ0v) is 40.3. The lowest BCUT2D eigenvalue weighted by atomic mass is 10.0. The first-order valence-electron chi connectivity index (χ1n) is 25.2. The van der Waals surface area contributed by atoms with Crippen molar-refractivity contribution in [2.75, 3.05) is 13.2 Å². The van der Waals surface area contributed by atoms with Gasteiger partial charge in [0.15, 0.2) is 6.10 Å². The van der Waals surface area contributed by atoms with Crippen molar-refractivity contribution < 1.29 is 28.6 Å². The standard InChI is InChI=1S/C57H90O6/c1-4-7-10-13-16-19-22-25-27-28-30-32-35-38-41-44-47-50-56(59)62-53-54(52-61-55(58)49-46-43-40-37-34-31-24-21-18-15-12-9-6-3)63-57(60)51-48-45-42-39-36-33-29-26-23-20-17-14-11-8-5-2/h7,9-10,12-13,15-16,18-19,21-22,24-25,27-28,30-32,34-35,54H,4-6,8,11,14,17,20,23,26,29,33,36-53H2,1-3H3/b10-7+,12-9+,16-13+,18-15+,22-19+,24-21+,27-25+,30-28+,34-31+,35-32+. The Kier molecular flexibility index (Phi) is 47.1. The van der Waals surface area contributed by atoms with Crippen LogP contribution in [0.25, 0.3) is 0 Å². The maximum absolute atomic E-state index is 12.8. The van der Waals surface area contributed by atoms with Crippen molar-refractivity contribution in [3.8, 4) is 0 Å². The van der Waals surface area contributed by atoms with Crippen molar-refractivity contribution in [3.63, 3.8) is 0 Å². The zero-order valence-electron chi connectivity index (χ0n) is 40.3. The number of ether oxygens (including phenoxy) is 3. The van der Waals surface area contributed by atoms with Gasteiger partial charge in [-0.3, -0.25) is 14.4 Å². The van der Waals surface area contributed by atoms with Crippen molar-refractivity contribution in [2.24, 2.45) is 0 Å². The molecule has 0 aliphatic carbocycles. The Bertz CT molecular complexity index is 1370. The summed E-state index contributed by atoms with van der Waals surface area (Å²) in [5.41, 5.74) is 0. The Morgan fingerprint density at radius 2 is 0.619 bits per heavy atom. The molecule has 0 saturated heterocycles. The smallest absolute Gasteiger partial charge is 0.306 e. The fourth-order valence-electron chi connectivity index (χ4n) is 6.48. The van der Waals surface area contributed by atoms with E-state index in [1.807, 2.05) is 97.2 Å². The fraction of sp³-hybridized carbons (Fsp3) is 0.596. The minimum absolute atomic E-state index is 0.115. The molecular weight excluding hydrogens is 781 g/mol. The molecule has 0 aliphatic heterocycles. The van der Waals surface area contributed by atoms with Crippen LogP contribution < -0.4 is 0 Å². The summed E-state index contributed by atoms with van der Waals surface area (Å²) in [5, 5.41) is 0. The lowest BCUT2D eigenvalue weighted by Gasteiger charge is -2.18. The number of hydrogen-bond donors (Lipinski definition) is 0. The molecule has 6 nitrogen and oxygen atoms in total. The number of carbonyl (C=O) groups excluding carboxylic acids is 3. The highest BCUT2D eigenvalue weighted by molar-refractivity contribution is 5.71. The topological polar surface area (TPSA) is 78.9 Å². The lowest BCUT2D eigenvalue weighted by molar-refractivity contribution is -0.167. The van der Waals surface area contributed by atoms with Crippen LogP contribution in [0.3, 0.4) is 0 Å². The number of carbonyl (C=O) groups is 3. The van der Waals surface area contributed by atoms with Crippen LogP contribution in [0.15, 0.2) is 122 Å². The average Bonchev–Trinajstić information content (AvgIpc) is 3.28. The molecule has 0 aromatic heterocycles. The molecule has 0 rings (SSSR count). The fourth-order valence-corrected chi connectivity index (χ4v) is 6.48. The largest absolute Gasteiger partial charge is 0.462 e. The van der Waals surface area contributed by atoms with Crippen LogP contribution in [-0.2, 0) is 28.6 Å². The minimum Gasteiger partial charge on any atom is -0.462 e. The van der Waals surface area contributed by atoms with E-state index >= 15 is 0 Å². The first-order chi connectivity index (χ1) is 31.0. The number of unbranched alkanes of at least 4 members (excludes halogenated alkanes) is 20. The van der Waals surface area contributed by atoms with Gasteiger partial charge in [0.05, 0.1) is 0 Å². The number of hydrogen-bond acceptors (Lipinski definition) is 6. The van der Waals surface area contributed by atoms with Crippen molar-refractivity contribution in [3.05, 3.63) is 122 Å². The summed E-state index contributed by atoms with van der Waals surface area (Å²) >= 11 is 0. The van der Waals surface area contributed by atoms with Crippen molar-refractivity contribution >= 4 is 17.9 Å². The van der Waals surface area contributed by atoms with Crippen LogP contribution in [-0.4, -0.2) is 37.2 Å². The highest BCUT2D eigenvalue weighted by atomic mass is 16.6. The van der Waals surface area contributed by atoms with Gasteiger partial charge in [0.1, 0.15) is 13.2 Å².